The zero-order chi connectivity index (χ0) is 11.6. The van der Waals surface area contributed by atoms with Crippen LogP contribution in [0, 0.1) is 5.92 Å². The van der Waals surface area contributed by atoms with Crippen molar-refractivity contribution in [3.8, 4) is 0 Å². The first kappa shape index (κ1) is 13.8. The molecular formula is C15H29N. The van der Waals surface area contributed by atoms with Crippen molar-refractivity contribution >= 4 is 0 Å². The molecule has 0 saturated carbocycles. The summed E-state index contributed by atoms with van der Waals surface area (Å²) in [5, 5.41) is 3.41. The Kier molecular flexibility index (Phi) is 7.58. The van der Waals surface area contributed by atoms with Crippen LogP contribution in [0.15, 0.2) is 11.6 Å². The molecule has 0 amide bonds. The molecule has 1 rings (SSSR count). The molecule has 1 aliphatic heterocycles. The van der Waals surface area contributed by atoms with Gasteiger partial charge in [0.15, 0.2) is 0 Å². The van der Waals surface area contributed by atoms with Gasteiger partial charge in [0.25, 0.3) is 0 Å². The minimum atomic E-state index is 0.893. The number of nitrogens with one attached hydrogen (secondary N) is 1. The van der Waals surface area contributed by atoms with Gasteiger partial charge in [0.1, 0.15) is 0 Å². The standard InChI is InChI=1S/C15H29N/c1-3-5-6-7-9-14(8-4-2)15-10-12-16-13-11-15/h10,14,16H,3-9,11-13H2,1-2H3. The molecule has 1 aliphatic rings. The lowest BCUT2D eigenvalue weighted by Gasteiger charge is -2.23. The smallest absolute Gasteiger partial charge is 0.0137 e. The van der Waals surface area contributed by atoms with E-state index in [-0.39, 0.29) is 0 Å². The van der Waals surface area contributed by atoms with Crippen LogP contribution < -0.4 is 5.32 Å². The number of hydrogen-bond acceptors (Lipinski definition) is 1. The topological polar surface area (TPSA) is 12.0 Å². The van der Waals surface area contributed by atoms with Crippen molar-refractivity contribution in [2.45, 2.75) is 65.2 Å². The Morgan fingerprint density at radius 1 is 1.12 bits per heavy atom. The van der Waals surface area contributed by atoms with Crippen molar-refractivity contribution in [2.75, 3.05) is 13.1 Å². The van der Waals surface area contributed by atoms with E-state index in [4.69, 9.17) is 0 Å². The average molecular weight is 223 g/mol. The summed E-state index contributed by atoms with van der Waals surface area (Å²) < 4.78 is 0. The number of hydrogen-bond donors (Lipinski definition) is 1. The lowest BCUT2D eigenvalue weighted by Crippen LogP contribution is -2.23. The largest absolute Gasteiger partial charge is 0.313 e. The maximum Gasteiger partial charge on any atom is 0.0137 e. The predicted octanol–water partition coefficient (Wildman–Crippen LogP) is 4.29. The summed E-state index contributed by atoms with van der Waals surface area (Å²) in [6.07, 6.45) is 13.5. The first-order chi connectivity index (χ1) is 7.88. The highest BCUT2D eigenvalue weighted by Crippen LogP contribution is 2.26. The third-order valence-electron chi connectivity index (χ3n) is 3.67. The molecule has 0 spiro atoms. The van der Waals surface area contributed by atoms with E-state index in [0.29, 0.717) is 0 Å². The second kappa shape index (κ2) is 8.81. The van der Waals surface area contributed by atoms with Gasteiger partial charge in [-0.1, -0.05) is 57.6 Å². The van der Waals surface area contributed by atoms with Crippen molar-refractivity contribution in [1.82, 2.24) is 5.32 Å². The second-order valence-corrected chi connectivity index (χ2v) is 5.07. The predicted molar refractivity (Wildman–Crippen MR) is 72.7 cm³/mol. The third-order valence-corrected chi connectivity index (χ3v) is 3.67. The quantitative estimate of drug-likeness (QED) is 0.478. The highest BCUT2D eigenvalue weighted by Gasteiger charge is 2.14. The molecule has 0 aromatic carbocycles. The zero-order valence-electron chi connectivity index (χ0n) is 11.2. The van der Waals surface area contributed by atoms with Crippen LogP contribution in [-0.2, 0) is 0 Å². The minimum Gasteiger partial charge on any atom is -0.313 e. The van der Waals surface area contributed by atoms with Crippen molar-refractivity contribution < 1.29 is 0 Å². The molecule has 0 aromatic heterocycles. The molecule has 1 unspecified atom stereocenters. The van der Waals surface area contributed by atoms with Crippen LogP contribution in [0.4, 0.5) is 0 Å². The van der Waals surface area contributed by atoms with E-state index in [2.05, 4.69) is 25.2 Å². The summed E-state index contributed by atoms with van der Waals surface area (Å²) >= 11 is 0. The summed E-state index contributed by atoms with van der Waals surface area (Å²) in [6.45, 7) is 6.91. The molecule has 0 aromatic rings. The van der Waals surface area contributed by atoms with E-state index < -0.39 is 0 Å². The van der Waals surface area contributed by atoms with Crippen molar-refractivity contribution in [1.29, 1.82) is 0 Å². The van der Waals surface area contributed by atoms with Gasteiger partial charge < -0.3 is 5.32 Å². The van der Waals surface area contributed by atoms with Gasteiger partial charge in [0.2, 0.25) is 0 Å². The monoisotopic (exact) mass is 223 g/mol. The maximum absolute atomic E-state index is 3.41. The minimum absolute atomic E-state index is 0.893. The molecule has 0 saturated heterocycles. The van der Waals surface area contributed by atoms with Gasteiger partial charge >= 0.3 is 0 Å². The fourth-order valence-corrected chi connectivity index (χ4v) is 2.69. The van der Waals surface area contributed by atoms with Crippen LogP contribution >= 0.6 is 0 Å². The Bertz CT molecular complexity index is 196. The van der Waals surface area contributed by atoms with Crippen LogP contribution in [0.3, 0.4) is 0 Å². The fourth-order valence-electron chi connectivity index (χ4n) is 2.69. The third kappa shape index (κ3) is 5.16. The Balaban J connectivity index is 2.31. The molecule has 1 heteroatoms. The molecule has 1 atom stereocenters. The van der Waals surface area contributed by atoms with E-state index in [9.17, 15) is 0 Å². The molecule has 94 valence electrons. The number of rotatable bonds is 8. The molecule has 1 nitrogen and oxygen atoms in total. The summed E-state index contributed by atoms with van der Waals surface area (Å²) in [4.78, 5) is 0. The second-order valence-electron chi connectivity index (χ2n) is 5.07. The van der Waals surface area contributed by atoms with E-state index in [1.54, 1.807) is 5.57 Å². The average Bonchev–Trinajstić information content (AvgIpc) is 2.34. The molecule has 0 bridgehead atoms. The van der Waals surface area contributed by atoms with Gasteiger partial charge in [-0.2, -0.15) is 0 Å². The van der Waals surface area contributed by atoms with Crippen molar-refractivity contribution in [3.63, 3.8) is 0 Å². The maximum atomic E-state index is 3.41. The Labute approximate surface area is 102 Å². The van der Waals surface area contributed by atoms with Crippen molar-refractivity contribution in [3.05, 3.63) is 11.6 Å². The van der Waals surface area contributed by atoms with Crippen LogP contribution in [0.1, 0.15) is 65.2 Å². The summed E-state index contributed by atoms with van der Waals surface area (Å²) in [7, 11) is 0. The van der Waals surface area contributed by atoms with Gasteiger partial charge in [-0.3, -0.25) is 0 Å². The first-order valence-electron chi connectivity index (χ1n) is 7.28. The highest BCUT2D eigenvalue weighted by atomic mass is 14.8. The van der Waals surface area contributed by atoms with E-state index >= 15 is 0 Å². The van der Waals surface area contributed by atoms with Gasteiger partial charge in [-0.25, -0.2) is 0 Å². The molecule has 1 N–H and O–H groups in total. The van der Waals surface area contributed by atoms with Crippen LogP contribution in [-0.4, -0.2) is 13.1 Å². The summed E-state index contributed by atoms with van der Waals surface area (Å²) in [5.41, 5.74) is 1.75. The van der Waals surface area contributed by atoms with E-state index in [0.717, 1.165) is 12.5 Å². The SMILES string of the molecule is CCCCCCC(CCC)C1=CCNCC1. The van der Waals surface area contributed by atoms with E-state index in [1.165, 1.54) is 57.9 Å². The van der Waals surface area contributed by atoms with Gasteiger partial charge in [0, 0.05) is 6.54 Å². The lowest BCUT2D eigenvalue weighted by molar-refractivity contribution is 0.453. The molecule has 0 aliphatic carbocycles. The Morgan fingerprint density at radius 2 is 2.00 bits per heavy atom. The highest BCUT2D eigenvalue weighted by molar-refractivity contribution is 5.10. The normalized spacial score (nSPS) is 18.2. The summed E-state index contributed by atoms with van der Waals surface area (Å²) in [6, 6.07) is 0. The zero-order valence-corrected chi connectivity index (χ0v) is 11.2. The fraction of sp³-hybridized carbons (Fsp3) is 0.867. The first-order valence-corrected chi connectivity index (χ1v) is 7.28. The Hall–Kier alpha value is -0.300. The van der Waals surface area contributed by atoms with Crippen LogP contribution in [0.25, 0.3) is 0 Å². The summed E-state index contributed by atoms with van der Waals surface area (Å²) in [5.74, 6) is 0.893. The van der Waals surface area contributed by atoms with Gasteiger partial charge in [0.05, 0.1) is 0 Å². The van der Waals surface area contributed by atoms with Crippen LogP contribution in [0.5, 0.6) is 0 Å². The lowest BCUT2D eigenvalue weighted by atomic mass is 9.86. The Morgan fingerprint density at radius 3 is 2.62 bits per heavy atom. The van der Waals surface area contributed by atoms with Gasteiger partial charge in [-0.15, -0.1) is 0 Å². The molecule has 1 heterocycles. The molecule has 0 radical (unpaired) electrons. The van der Waals surface area contributed by atoms with Gasteiger partial charge in [-0.05, 0) is 31.7 Å². The van der Waals surface area contributed by atoms with Crippen LogP contribution in [0.2, 0.25) is 0 Å². The molecule has 0 fully saturated rings. The van der Waals surface area contributed by atoms with E-state index in [1.807, 2.05) is 0 Å². The van der Waals surface area contributed by atoms with Crippen molar-refractivity contribution in [2.24, 2.45) is 5.92 Å². The molecular weight excluding hydrogens is 194 g/mol. The number of unbranched alkanes of at least 4 members (excludes halogenated alkanes) is 3. The molecule has 16 heavy (non-hydrogen) atoms.